The van der Waals surface area contributed by atoms with Gasteiger partial charge < -0.3 is 15.4 Å². The molecule has 1 atom stereocenters. The number of aryl methyl sites for hydroxylation is 2. The fourth-order valence-electron chi connectivity index (χ4n) is 2.63. The second kappa shape index (κ2) is 6.34. The van der Waals surface area contributed by atoms with Crippen LogP contribution < -0.4 is 10.9 Å². The highest BCUT2D eigenvalue weighted by Gasteiger charge is 2.33. The van der Waals surface area contributed by atoms with Crippen LogP contribution in [0.2, 0.25) is 0 Å². The Bertz CT molecular complexity index is 650. The number of hydrogen-bond donors (Lipinski definition) is 3. The van der Waals surface area contributed by atoms with E-state index in [2.05, 4.69) is 10.3 Å². The molecule has 0 radical (unpaired) electrons. The number of rotatable bonds is 4. The Morgan fingerprint density at radius 1 is 1.32 bits per heavy atom. The van der Waals surface area contributed by atoms with Crippen LogP contribution in [0.4, 0.5) is 0 Å². The molecule has 1 heterocycles. The third-order valence-corrected chi connectivity index (χ3v) is 4.40. The highest BCUT2D eigenvalue weighted by atomic mass is 16.4. The van der Waals surface area contributed by atoms with Crippen LogP contribution in [0.15, 0.2) is 10.9 Å². The van der Waals surface area contributed by atoms with Gasteiger partial charge in [0.15, 0.2) is 0 Å². The Balaban J connectivity index is 2.32. The molecule has 0 fully saturated rings. The molecule has 22 heavy (non-hydrogen) atoms. The van der Waals surface area contributed by atoms with Crippen LogP contribution in [0.5, 0.6) is 0 Å². The average Bonchev–Trinajstić information content (AvgIpc) is 2.70. The first-order chi connectivity index (χ1) is 10.4. The number of aromatic nitrogens is 1. The summed E-state index contributed by atoms with van der Waals surface area (Å²) in [5.74, 6) is -1.76. The zero-order valence-corrected chi connectivity index (χ0v) is 13.0. The van der Waals surface area contributed by atoms with Crippen molar-refractivity contribution in [3.8, 4) is 0 Å². The van der Waals surface area contributed by atoms with E-state index in [1.165, 1.54) is 6.92 Å². The van der Waals surface area contributed by atoms with Gasteiger partial charge in [-0.05, 0) is 50.7 Å². The van der Waals surface area contributed by atoms with Crippen molar-refractivity contribution < 1.29 is 14.7 Å². The van der Waals surface area contributed by atoms with Crippen molar-refractivity contribution in [2.75, 3.05) is 0 Å². The first-order valence-corrected chi connectivity index (χ1v) is 7.68. The zero-order valence-electron chi connectivity index (χ0n) is 13.0. The topological polar surface area (TPSA) is 99.3 Å². The minimum Gasteiger partial charge on any atom is -0.480 e. The van der Waals surface area contributed by atoms with E-state index in [1.807, 2.05) is 0 Å². The van der Waals surface area contributed by atoms with E-state index in [-0.39, 0.29) is 12.0 Å². The van der Waals surface area contributed by atoms with Gasteiger partial charge in [-0.25, -0.2) is 4.79 Å². The number of carboxylic acids is 1. The Labute approximate surface area is 128 Å². The van der Waals surface area contributed by atoms with Crippen LogP contribution in [-0.2, 0) is 17.6 Å². The maximum absolute atomic E-state index is 12.3. The summed E-state index contributed by atoms with van der Waals surface area (Å²) >= 11 is 0. The second-order valence-corrected chi connectivity index (χ2v) is 6.02. The zero-order chi connectivity index (χ0) is 16.3. The van der Waals surface area contributed by atoms with Crippen LogP contribution in [0.25, 0.3) is 0 Å². The third-order valence-electron chi connectivity index (χ3n) is 4.40. The Kier molecular flexibility index (Phi) is 4.68. The molecule has 1 amide bonds. The molecule has 0 aromatic carbocycles. The highest BCUT2D eigenvalue weighted by Crippen LogP contribution is 2.19. The minimum absolute atomic E-state index is 0.0124. The number of H-pyrrole nitrogens is 1. The SMILES string of the molecule is CCC(C)(NC(=O)c1cc2c([nH]c1=O)CCCCC2)C(=O)O. The summed E-state index contributed by atoms with van der Waals surface area (Å²) in [5, 5.41) is 11.7. The lowest BCUT2D eigenvalue weighted by Crippen LogP contribution is -2.52. The molecule has 6 heteroatoms. The molecule has 1 aliphatic rings. The van der Waals surface area contributed by atoms with Crippen molar-refractivity contribution >= 4 is 11.9 Å². The summed E-state index contributed by atoms with van der Waals surface area (Å²) in [6, 6.07) is 1.62. The standard InChI is InChI=1S/C16H22N2O4/c1-3-16(2,15(21)22)18-14(20)11-9-10-7-5-4-6-8-12(10)17-13(11)19/h9H,3-8H2,1-2H3,(H,17,19)(H,18,20)(H,21,22). The predicted octanol–water partition coefficient (Wildman–Crippen LogP) is 1.63. The molecule has 3 N–H and O–H groups in total. The average molecular weight is 306 g/mol. The van der Waals surface area contributed by atoms with Crippen molar-refractivity contribution in [2.45, 2.75) is 57.9 Å². The minimum atomic E-state index is -1.38. The van der Waals surface area contributed by atoms with E-state index in [0.29, 0.717) is 0 Å². The first kappa shape index (κ1) is 16.3. The van der Waals surface area contributed by atoms with Crippen molar-refractivity contribution in [2.24, 2.45) is 0 Å². The number of carbonyl (C=O) groups excluding carboxylic acids is 1. The lowest BCUT2D eigenvalue weighted by molar-refractivity contribution is -0.143. The Morgan fingerprint density at radius 3 is 2.64 bits per heavy atom. The summed E-state index contributed by atoms with van der Waals surface area (Å²) in [7, 11) is 0. The van der Waals surface area contributed by atoms with Gasteiger partial charge in [0.05, 0.1) is 0 Å². The molecule has 0 saturated carbocycles. The van der Waals surface area contributed by atoms with E-state index < -0.39 is 23.0 Å². The van der Waals surface area contributed by atoms with Gasteiger partial charge in [0.2, 0.25) is 0 Å². The van der Waals surface area contributed by atoms with Gasteiger partial charge in [-0.2, -0.15) is 0 Å². The van der Waals surface area contributed by atoms with Gasteiger partial charge in [0.1, 0.15) is 11.1 Å². The monoisotopic (exact) mass is 306 g/mol. The van der Waals surface area contributed by atoms with Gasteiger partial charge in [-0.15, -0.1) is 0 Å². The molecular formula is C16H22N2O4. The van der Waals surface area contributed by atoms with E-state index >= 15 is 0 Å². The molecule has 1 unspecified atom stereocenters. The molecule has 0 aliphatic heterocycles. The number of carboxylic acid groups (broad SMARTS) is 1. The van der Waals surface area contributed by atoms with Crippen LogP contribution in [0.3, 0.4) is 0 Å². The fraction of sp³-hybridized carbons (Fsp3) is 0.562. The quantitative estimate of drug-likeness (QED) is 0.736. The third kappa shape index (κ3) is 3.21. The number of nitrogens with one attached hydrogen (secondary N) is 2. The molecule has 1 aliphatic carbocycles. The van der Waals surface area contributed by atoms with Crippen LogP contribution in [0, 0.1) is 0 Å². The lowest BCUT2D eigenvalue weighted by atomic mass is 9.98. The first-order valence-electron chi connectivity index (χ1n) is 7.68. The number of pyridine rings is 1. The van der Waals surface area contributed by atoms with E-state index in [0.717, 1.165) is 43.4 Å². The second-order valence-electron chi connectivity index (χ2n) is 6.02. The molecule has 1 aromatic heterocycles. The molecule has 2 rings (SSSR count). The Morgan fingerprint density at radius 2 is 2.00 bits per heavy atom. The number of fused-ring (bicyclic) bond motifs is 1. The fourth-order valence-corrected chi connectivity index (χ4v) is 2.63. The van der Waals surface area contributed by atoms with Crippen molar-refractivity contribution in [1.29, 1.82) is 0 Å². The molecular weight excluding hydrogens is 284 g/mol. The smallest absolute Gasteiger partial charge is 0.329 e. The maximum Gasteiger partial charge on any atom is 0.329 e. The normalized spacial score (nSPS) is 17.0. The Hall–Kier alpha value is -2.11. The van der Waals surface area contributed by atoms with Gasteiger partial charge in [-0.3, -0.25) is 9.59 Å². The van der Waals surface area contributed by atoms with Crippen molar-refractivity contribution in [3.63, 3.8) is 0 Å². The summed E-state index contributed by atoms with van der Waals surface area (Å²) in [4.78, 5) is 38.5. The molecule has 6 nitrogen and oxygen atoms in total. The molecule has 0 bridgehead atoms. The molecule has 0 saturated heterocycles. The number of aromatic amines is 1. The summed E-state index contributed by atoms with van der Waals surface area (Å²) in [6.07, 6.45) is 5.04. The van der Waals surface area contributed by atoms with E-state index in [4.69, 9.17) is 0 Å². The summed E-state index contributed by atoms with van der Waals surface area (Å²) in [5.41, 5.74) is 0.0333. The number of hydrogen-bond acceptors (Lipinski definition) is 3. The molecule has 0 spiro atoms. The van der Waals surface area contributed by atoms with Crippen LogP contribution in [-0.4, -0.2) is 27.5 Å². The highest BCUT2D eigenvalue weighted by molar-refractivity contribution is 5.97. The van der Waals surface area contributed by atoms with Crippen LogP contribution >= 0.6 is 0 Å². The number of aliphatic carboxylic acids is 1. The van der Waals surface area contributed by atoms with Crippen molar-refractivity contribution in [3.05, 3.63) is 33.2 Å². The van der Waals surface area contributed by atoms with Gasteiger partial charge in [-0.1, -0.05) is 13.3 Å². The van der Waals surface area contributed by atoms with Gasteiger partial charge >= 0.3 is 5.97 Å². The largest absolute Gasteiger partial charge is 0.480 e. The van der Waals surface area contributed by atoms with E-state index in [1.54, 1.807) is 13.0 Å². The van der Waals surface area contributed by atoms with Gasteiger partial charge in [0.25, 0.3) is 11.5 Å². The summed E-state index contributed by atoms with van der Waals surface area (Å²) in [6.45, 7) is 3.11. The van der Waals surface area contributed by atoms with Crippen LogP contribution in [0.1, 0.15) is 61.1 Å². The maximum atomic E-state index is 12.3. The summed E-state index contributed by atoms with van der Waals surface area (Å²) < 4.78 is 0. The van der Waals surface area contributed by atoms with Gasteiger partial charge in [0, 0.05) is 5.69 Å². The molecule has 1 aromatic rings. The van der Waals surface area contributed by atoms with Crippen molar-refractivity contribution in [1.82, 2.24) is 10.3 Å². The lowest BCUT2D eigenvalue weighted by Gasteiger charge is -2.24. The number of amides is 1. The predicted molar refractivity (Wildman–Crippen MR) is 82.1 cm³/mol. The number of carbonyl (C=O) groups is 2. The molecule has 120 valence electrons. The van der Waals surface area contributed by atoms with E-state index in [9.17, 15) is 19.5 Å².